The van der Waals surface area contributed by atoms with Crippen LogP contribution in [-0.4, -0.2) is 26.4 Å². The molecule has 0 aliphatic heterocycles. The molecule has 8 nitrogen and oxygen atoms in total. The van der Waals surface area contributed by atoms with E-state index in [2.05, 4.69) is 15.5 Å². The van der Waals surface area contributed by atoms with Crippen molar-refractivity contribution in [2.45, 2.75) is 25.0 Å². The van der Waals surface area contributed by atoms with E-state index in [9.17, 15) is 9.59 Å². The molecule has 0 saturated carbocycles. The number of aryl methyl sites for hydroxylation is 2. The minimum Gasteiger partial charge on any atom is -0.385 e. The molecular formula is C18H19N5O3S. The summed E-state index contributed by atoms with van der Waals surface area (Å²) in [7, 11) is 0. The standard InChI is InChI=1S/C18H19N5O3S/c1-12-9-15(22-26-12)20-17(25)11-27-18-21-16(24)10-14(19)23(18)8-7-13-5-3-2-4-6-13/h2-6,9-10H,7-8,11,19H2,1H3,(H,20,22,25). The lowest BCUT2D eigenvalue weighted by Gasteiger charge is -2.14. The first kappa shape index (κ1) is 18.7. The summed E-state index contributed by atoms with van der Waals surface area (Å²) in [6, 6.07) is 12.8. The Bertz CT molecular complexity index is 984. The smallest absolute Gasteiger partial charge is 0.275 e. The second-order valence-corrected chi connectivity index (χ2v) is 6.79. The highest BCUT2D eigenvalue weighted by atomic mass is 32.2. The second kappa shape index (κ2) is 8.54. The summed E-state index contributed by atoms with van der Waals surface area (Å²) in [4.78, 5) is 27.8. The largest absolute Gasteiger partial charge is 0.385 e. The molecule has 0 radical (unpaired) electrons. The predicted octanol–water partition coefficient (Wildman–Crippen LogP) is 2.10. The van der Waals surface area contributed by atoms with Crippen LogP contribution in [0.3, 0.4) is 0 Å². The Kier molecular flexibility index (Phi) is 5.92. The van der Waals surface area contributed by atoms with E-state index in [-0.39, 0.29) is 11.7 Å². The van der Waals surface area contributed by atoms with Crippen molar-refractivity contribution in [3.63, 3.8) is 0 Å². The van der Waals surface area contributed by atoms with Gasteiger partial charge in [-0.05, 0) is 18.9 Å². The third-order valence-electron chi connectivity index (χ3n) is 3.71. The van der Waals surface area contributed by atoms with Crippen molar-refractivity contribution in [2.24, 2.45) is 0 Å². The average molecular weight is 385 g/mol. The van der Waals surface area contributed by atoms with Gasteiger partial charge in [-0.1, -0.05) is 47.3 Å². The topological polar surface area (TPSA) is 116 Å². The molecule has 2 heterocycles. The van der Waals surface area contributed by atoms with Crippen LogP contribution in [0.5, 0.6) is 0 Å². The highest BCUT2D eigenvalue weighted by Crippen LogP contribution is 2.18. The van der Waals surface area contributed by atoms with Crippen molar-refractivity contribution in [3.05, 3.63) is 64.1 Å². The maximum Gasteiger partial charge on any atom is 0.275 e. The van der Waals surface area contributed by atoms with E-state index >= 15 is 0 Å². The van der Waals surface area contributed by atoms with Gasteiger partial charge in [-0.15, -0.1) is 0 Å². The third kappa shape index (κ3) is 5.20. The number of carbonyl (C=O) groups excluding carboxylic acids is 1. The molecule has 0 aliphatic rings. The summed E-state index contributed by atoms with van der Waals surface area (Å²) in [5.41, 5.74) is 6.72. The lowest BCUT2D eigenvalue weighted by atomic mass is 10.1. The molecule has 0 spiro atoms. The number of nitrogens with one attached hydrogen (secondary N) is 1. The Morgan fingerprint density at radius 3 is 2.78 bits per heavy atom. The number of aromatic nitrogens is 3. The first-order valence-electron chi connectivity index (χ1n) is 8.28. The first-order valence-corrected chi connectivity index (χ1v) is 9.27. The fourth-order valence-corrected chi connectivity index (χ4v) is 3.30. The number of nitrogen functional groups attached to an aromatic ring is 1. The zero-order valence-electron chi connectivity index (χ0n) is 14.7. The van der Waals surface area contributed by atoms with Gasteiger partial charge in [-0.3, -0.25) is 9.59 Å². The highest BCUT2D eigenvalue weighted by molar-refractivity contribution is 7.99. The number of thioether (sulfide) groups is 1. The van der Waals surface area contributed by atoms with Crippen LogP contribution in [0.25, 0.3) is 0 Å². The van der Waals surface area contributed by atoms with Crippen molar-refractivity contribution in [1.29, 1.82) is 0 Å². The molecule has 0 bridgehead atoms. The fourth-order valence-electron chi connectivity index (χ4n) is 2.46. The minimum atomic E-state index is -0.432. The molecule has 2 aromatic heterocycles. The maximum absolute atomic E-state index is 12.1. The Labute approximate surface area is 159 Å². The van der Waals surface area contributed by atoms with Crippen molar-refractivity contribution in [2.75, 3.05) is 16.8 Å². The van der Waals surface area contributed by atoms with Crippen LogP contribution in [0.15, 0.2) is 56.9 Å². The predicted molar refractivity (Wildman–Crippen MR) is 104 cm³/mol. The molecule has 0 aliphatic carbocycles. The van der Waals surface area contributed by atoms with Crippen molar-refractivity contribution < 1.29 is 9.32 Å². The minimum absolute atomic E-state index is 0.0626. The number of anilines is 2. The van der Waals surface area contributed by atoms with E-state index in [0.717, 1.165) is 23.7 Å². The maximum atomic E-state index is 12.1. The summed E-state index contributed by atoms with van der Waals surface area (Å²) >= 11 is 1.15. The van der Waals surface area contributed by atoms with Crippen LogP contribution in [-0.2, 0) is 17.8 Å². The van der Waals surface area contributed by atoms with E-state index in [1.165, 1.54) is 6.07 Å². The second-order valence-electron chi connectivity index (χ2n) is 5.85. The number of rotatable bonds is 7. The van der Waals surface area contributed by atoms with Gasteiger partial charge in [0.25, 0.3) is 5.56 Å². The van der Waals surface area contributed by atoms with Gasteiger partial charge in [0.2, 0.25) is 5.91 Å². The normalized spacial score (nSPS) is 10.7. The van der Waals surface area contributed by atoms with Gasteiger partial charge < -0.3 is 20.1 Å². The SMILES string of the molecule is Cc1cc(NC(=O)CSc2nc(=O)cc(N)n2CCc2ccccc2)no1. The summed E-state index contributed by atoms with van der Waals surface area (Å²) in [6.07, 6.45) is 0.730. The number of nitrogens with zero attached hydrogens (tertiary/aromatic N) is 3. The van der Waals surface area contributed by atoms with Crippen LogP contribution >= 0.6 is 11.8 Å². The van der Waals surface area contributed by atoms with Crippen molar-refractivity contribution >= 4 is 29.3 Å². The van der Waals surface area contributed by atoms with Crippen LogP contribution in [0, 0.1) is 6.92 Å². The summed E-state index contributed by atoms with van der Waals surface area (Å²) in [5, 5.41) is 6.75. The van der Waals surface area contributed by atoms with Gasteiger partial charge in [0.1, 0.15) is 11.6 Å². The molecule has 0 unspecified atom stereocenters. The quantitative estimate of drug-likeness (QED) is 0.472. The summed E-state index contributed by atoms with van der Waals surface area (Å²) in [5.74, 6) is 1.05. The number of hydrogen-bond acceptors (Lipinski definition) is 7. The van der Waals surface area contributed by atoms with Gasteiger partial charge in [-0.2, -0.15) is 4.98 Å². The molecule has 140 valence electrons. The number of benzene rings is 1. The Morgan fingerprint density at radius 2 is 2.07 bits per heavy atom. The van der Waals surface area contributed by atoms with Crippen molar-refractivity contribution in [1.82, 2.24) is 14.7 Å². The summed E-state index contributed by atoms with van der Waals surface area (Å²) in [6.45, 7) is 2.29. The average Bonchev–Trinajstić information content (AvgIpc) is 3.04. The number of hydrogen-bond donors (Lipinski definition) is 2. The fraction of sp³-hybridized carbons (Fsp3) is 0.222. The third-order valence-corrected chi connectivity index (χ3v) is 4.69. The lowest BCUT2D eigenvalue weighted by molar-refractivity contribution is -0.113. The number of carbonyl (C=O) groups is 1. The van der Waals surface area contributed by atoms with Gasteiger partial charge >= 0.3 is 0 Å². The van der Waals surface area contributed by atoms with E-state index < -0.39 is 5.56 Å². The molecule has 3 rings (SSSR count). The zero-order valence-corrected chi connectivity index (χ0v) is 15.5. The molecule has 1 amide bonds. The molecule has 1 aromatic carbocycles. The Hall–Kier alpha value is -3.07. The molecule has 3 N–H and O–H groups in total. The van der Waals surface area contributed by atoms with Gasteiger partial charge in [0, 0.05) is 18.7 Å². The van der Waals surface area contributed by atoms with E-state index in [1.54, 1.807) is 17.6 Å². The molecular weight excluding hydrogens is 366 g/mol. The van der Waals surface area contributed by atoms with Crippen LogP contribution < -0.4 is 16.6 Å². The monoisotopic (exact) mass is 385 g/mol. The lowest BCUT2D eigenvalue weighted by Crippen LogP contribution is -2.20. The molecule has 0 saturated heterocycles. The highest BCUT2D eigenvalue weighted by Gasteiger charge is 2.12. The van der Waals surface area contributed by atoms with Crippen LogP contribution in [0.4, 0.5) is 11.6 Å². The number of nitrogens with two attached hydrogens (primary N) is 1. The zero-order chi connectivity index (χ0) is 19.2. The van der Waals surface area contributed by atoms with E-state index in [1.807, 2.05) is 30.3 Å². The van der Waals surface area contributed by atoms with E-state index in [4.69, 9.17) is 10.3 Å². The molecule has 0 fully saturated rings. The Morgan fingerprint density at radius 1 is 1.30 bits per heavy atom. The van der Waals surface area contributed by atoms with Gasteiger partial charge in [-0.25, -0.2) is 0 Å². The molecule has 3 aromatic rings. The Balaban J connectivity index is 1.68. The number of amides is 1. The van der Waals surface area contributed by atoms with Gasteiger partial charge in [0.05, 0.1) is 5.75 Å². The van der Waals surface area contributed by atoms with Crippen LogP contribution in [0.2, 0.25) is 0 Å². The molecule has 0 atom stereocenters. The van der Waals surface area contributed by atoms with Crippen LogP contribution in [0.1, 0.15) is 11.3 Å². The van der Waals surface area contributed by atoms with Crippen molar-refractivity contribution in [3.8, 4) is 0 Å². The molecule has 9 heteroatoms. The van der Waals surface area contributed by atoms with E-state index in [0.29, 0.717) is 29.1 Å². The molecule has 27 heavy (non-hydrogen) atoms. The first-order chi connectivity index (χ1) is 13.0. The van der Waals surface area contributed by atoms with Gasteiger partial charge in [0.15, 0.2) is 11.0 Å². The summed E-state index contributed by atoms with van der Waals surface area (Å²) < 4.78 is 6.65.